The van der Waals surface area contributed by atoms with Crippen LogP contribution in [0, 0.1) is 16.7 Å². The highest BCUT2D eigenvalue weighted by Crippen LogP contribution is 2.71. The maximum Gasteiger partial charge on any atom is 0.331 e. The standard InChI is InChI=1S/C58H86O20/c1-30-47(61)52(69-11)48(62)53(73-30)78-51-33(4)72-46(28-40(51)68-10)77-50-32(3)71-45(27-39(50)67-9)76-49-31(2)70-44(26-38(49)66-8)74-37-20-21-54(6)36(25-37)19-22-57(64)41(54)29-42(75-43(60)18-17-35-15-13-12-14-16-35)55(7)56(63,34(5)59)23-24-58(55,57)65/h12-19,30-33,37-42,44-53,61-65H,20-29H2,1-11H3/b18-17-/t30-,31-,32-,33-,37+,38-,39-,40-,41-,42-,44+,45+,46+,47-,48-,49-,50-,51-,52+,53+,54+,55-,56-,57+,58-/m1/s1. The molecule has 3 saturated carbocycles. The summed E-state index contributed by atoms with van der Waals surface area (Å²) in [5, 5.41) is 59.5. The number of esters is 1. The molecule has 7 fully saturated rings. The fourth-order valence-electron chi connectivity index (χ4n) is 15.0. The molecule has 4 saturated heterocycles. The molecule has 25 atom stereocenters. The summed E-state index contributed by atoms with van der Waals surface area (Å²) in [5.74, 6) is -1.82. The van der Waals surface area contributed by atoms with Gasteiger partial charge in [0.2, 0.25) is 0 Å². The van der Waals surface area contributed by atoms with Crippen LogP contribution in [0.2, 0.25) is 0 Å². The first-order chi connectivity index (χ1) is 37.0. The molecule has 78 heavy (non-hydrogen) atoms. The fraction of sp³-hybridized carbons (Fsp3) is 0.793. The highest BCUT2D eigenvalue weighted by atomic mass is 16.8. The Kier molecular flexibility index (Phi) is 18.0. The van der Waals surface area contributed by atoms with E-state index in [2.05, 4.69) is 6.92 Å². The van der Waals surface area contributed by atoms with Crippen LogP contribution in [0.1, 0.15) is 118 Å². The van der Waals surface area contributed by atoms with Gasteiger partial charge in [-0.05, 0) is 104 Å². The van der Waals surface area contributed by atoms with Gasteiger partial charge in [0.05, 0.1) is 54.2 Å². The number of hydrogen-bond donors (Lipinski definition) is 5. The van der Waals surface area contributed by atoms with Gasteiger partial charge in [0, 0.05) is 59.7 Å². The molecule has 4 aliphatic carbocycles. The van der Waals surface area contributed by atoms with E-state index < -0.39 is 156 Å². The van der Waals surface area contributed by atoms with Crippen molar-refractivity contribution in [2.75, 3.05) is 28.4 Å². The van der Waals surface area contributed by atoms with Crippen molar-refractivity contribution in [1.82, 2.24) is 0 Å². The molecule has 0 radical (unpaired) electrons. The van der Waals surface area contributed by atoms with Crippen LogP contribution in [-0.4, -0.2) is 199 Å². The minimum absolute atomic E-state index is 0.0552. The Morgan fingerprint density at radius 2 is 1.21 bits per heavy atom. The number of Topliss-reactive ketones (excluding diaryl/α,β-unsaturated/α-hetero) is 1. The molecule has 8 aliphatic rings. The Bertz CT molecular complexity index is 2300. The normalized spacial score (nSPS) is 48.6. The Balaban J connectivity index is 0.810. The molecule has 9 rings (SSSR count). The third kappa shape index (κ3) is 10.5. The first kappa shape index (κ1) is 59.8. The molecule has 1 aromatic carbocycles. The van der Waals surface area contributed by atoms with Gasteiger partial charge in [-0.1, -0.05) is 48.9 Å². The van der Waals surface area contributed by atoms with Crippen molar-refractivity contribution in [3.05, 3.63) is 53.6 Å². The Hall–Kier alpha value is -2.84. The van der Waals surface area contributed by atoms with Crippen LogP contribution in [0.15, 0.2) is 48.1 Å². The predicted octanol–water partition coefficient (Wildman–Crippen LogP) is 4.21. The Labute approximate surface area is 458 Å². The van der Waals surface area contributed by atoms with E-state index in [9.17, 15) is 35.1 Å². The summed E-state index contributed by atoms with van der Waals surface area (Å²) in [6.45, 7) is 12.3. The second-order valence-corrected chi connectivity index (χ2v) is 23.7. The second kappa shape index (κ2) is 23.4. The zero-order valence-electron chi connectivity index (χ0n) is 47.1. The minimum Gasteiger partial charge on any atom is -0.458 e. The third-order valence-corrected chi connectivity index (χ3v) is 19.7. The summed E-state index contributed by atoms with van der Waals surface area (Å²) in [7, 11) is 6.24. The van der Waals surface area contributed by atoms with Crippen LogP contribution in [0.4, 0.5) is 0 Å². The zero-order chi connectivity index (χ0) is 56.3. The van der Waals surface area contributed by atoms with E-state index in [0.29, 0.717) is 38.5 Å². The van der Waals surface area contributed by atoms with Crippen molar-refractivity contribution >= 4 is 17.8 Å². The molecule has 5 N–H and O–H groups in total. The molecule has 20 heteroatoms. The van der Waals surface area contributed by atoms with Crippen LogP contribution in [0.25, 0.3) is 6.08 Å². The lowest BCUT2D eigenvalue weighted by molar-refractivity contribution is -0.356. The summed E-state index contributed by atoms with van der Waals surface area (Å²) < 4.78 is 81.0. The van der Waals surface area contributed by atoms with Gasteiger partial charge in [-0.3, -0.25) is 4.79 Å². The van der Waals surface area contributed by atoms with E-state index in [4.69, 9.17) is 61.6 Å². The molecule has 438 valence electrons. The van der Waals surface area contributed by atoms with E-state index in [1.54, 1.807) is 41.3 Å². The topological polar surface area (TPSA) is 255 Å². The molecule has 20 nitrogen and oxygen atoms in total. The van der Waals surface area contributed by atoms with Gasteiger partial charge in [0.1, 0.15) is 59.5 Å². The van der Waals surface area contributed by atoms with Gasteiger partial charge in [0.15, 0.2) is 30.9 Å². The first-order valence-corrected chi connectivity index (χ1v) is 28.0. The maximum absolute atomic E-state index is 13.6. The minimum atomic E-state index is -2.05. The monoisotopic (exact) mass is 1100 g/mol. The van der Waals surface area contributed by atoms with Crippen LogP contribution in [0.3, 0.4) is 0 Å². The Morgan fingerprint density at radius 3 is 1.74 bits per heavy atom. The van der Waals surface area contributed by atoms with Crippen LogP contribution < -0.4 is 0 Å². The summed E-state index contributed by atoms with van der Waals surface area (Å²) in [6.07, 6.45) is -5.13. The number of hydrogen-bond acceptors (Lipinski definition) is 20. The lowest BCUT2D eigenvalue weighted by Gasteiger charge is -2.67. The van der Waals surface area contributed by atoms with Gasteiger partial charge >= 0.3 is 5.97 Å². The smallest absolute Gasteiger partial charge is 0.331 e. The van der Waals surface area contributed by atoms with E-state index in [0.717, 1.165) is 11.1 Å². The number of carbonyl (C=O) groups is 2. The number of carbonyl (C=O) groups excluding carboxylic acids is 2. The molecule has 0 spiro atoms. The van der Waals surface area contributed by atoms with Crippen molar-refractivity contribution in [3.8, 4) is 0 Å². The third-order valence-electron chi connectivity index (χ3n) is 19.7. The summed E-state index contributed by atoms with van der Waals surface area (Å²) in [5.41, 5.74) is -6.29. The number of benzene rings is 1. The van der Waals surface area contributed by atoms with Gasteiger partial charge in [-0.15, -0.1) is 0 Å². The van der Waals surface area contributed by atoms with Gasteiger partial charge in [-0.25, -0.2) is 4.79 Å². The van der Waals surface area contributed by atoms with Crippen molar-refractivity contribution in [2.45, 2.75) is 246 Å². The molecule has 0 aromatic heterocycles. The number of rotatable bonds is 16. The number of methoxy groups -OCH3 is 4. The average molecular weight is 1100 g/mol. The summed E-state index contributed by atoms with van der Waals surface area (Å²) in [4.78, 5) is 27.0. The largest absolute Gasteiger partial charge is 0.458 e. The molecular formula is C58H86O20. The number of aliphatic hydroxyl groups is 5. The lowest BCUT2D eigenvalue weighted by Crippen LogP contribution is -2.78. The highest BCUT2D eigenvalue weighted by Gasteiger charge is 2.81. The molecule has 4 aliphatic heterocycles. The molecule has 0 unspecified atom stereocenters. The average Bonchev–Trinajstić information content (AvgIpc) is 2.87. The summed E-state index contributed by atoms with van der Waals surface area (Å²) >= 11 is 0. The molecule has 0 amide bonds. The quantitative estimate of drug-likeness (QED) is 0.0883. The lowest BCUT2D eigenvalue weighted by atomic mass is 9.42. The zero-order valence-corrected chi connectivity index (χ0v) is 47.1. The van der Waals surface area contributed by atoms with Crippen LogP contribution in [0.5, 0.6) is 0 Å². The number of ether oxygens (including phenoxy) is 13. The van der Waals surface area contributed by atoms with Crippen molar-refractivity contribution < 1.29 is 96.7 Å². The van der Waals surface area contributed by atoms with Crippen LogP contribution >= 0.6 is 0 Å². The van der Waals surface area contributed by atoms with Gasteiger partial charge in [0.25, 0.3) is 0 Å². The van der Waals surface area contributed by atoms with E-state index >= 15 is 0 Å². The van der Waals surface area contributed by atoms with E-state index in [1.807, 2.05) is 57.2 Å². The first-order valence-electron chi connectivity index (χ1n) is 28.0. The number of ketones is 1. The molecule has 4 heterocycles. The Morgan fingerprint density at radius 1 is 0.654 bits per heavy atom. The van der Waals surface area contributed by atoms with Crippen molar-refractivity contribution in [2.24, 2.45) is 16.7 Å². The number of fused-ring (bicyclic) bond motifs is 5. The van der Waals surface area contributed by atoms with Crippen LogP contribution in [-0.2, 0) is 71.2 Å². The SMILES string of the molecule is CO[C@@H]1[C@@H](O)[C@H](O[C@@H]2[C@@H](C)O[C@@H](O[C@@H]3[C@@H](C)O[C@@H](O[C@@H]4[C@@H](C)O[C@@H](O[C@H]5CC[C@@]6(C)C(=CC[C@]7(O)[C@@H]6C[C@@H](OC(=O)/C=C\c6ccccc6)[C@@]6(C)[C@]7(O)CC[C@@]6(O)C(C)=O)C5)C[C@H]4OC)C[C@H]3OC)C[C@H]2OC)O[C@H](C)[C@H]1O. The number of aliphatic hydroxyl groups excluding tert-OH is 2. The molecule has 0 bridgehead atoms. The van der Waals surface area contributed by atoms with E-state index in [1.165, 1.54) is 20.1 Å². The van der Waals surface area contributed by atoms with Gasteiger partial charge in [-0.2, -0.15) is 0 Å². The maximum atomic E-state index is 13.6. The molecule has 1 aromatic rings. The summed E-state index contributed by atoms with van der Waals surface area (Å²) in [6, 6.07) is 9.29. The van der Waals surface area contributed by atoms with E-state index in [-0.39, 0.29) is 31.8 Å². The van der Waals surface area contributed by atoms with Crippen molar-refractivity contribution in [3.63, 3.8) is 0 Å². The predicted molar refractivity (Wildman–Crippen MR) is 277 cm³/mol. The fourth-order valence-corrected chi connectivity index (χ4v) is 15.0. The highest BCUT2D eigenvalue weighted by molar-refractivity contribution is 5.88. The molecular weight excluding hydrogens is 1020 g/mol. The van der Waals surface area contributed by atoms with Gasteiger partial charge < -0.3 is 87.1 Å². The second-order valence-electron chi connectivity index (χ2n) is 23.7. The van der Waals surface area contributed by atoms with Crippen molar-refractivity contribution in [1.29, 1.82) is 0 Å².